The SMILES string of the molecule is O=C(NCc1ccc(OC(F)F)cc1)[C@@]12CCCC[C@H]1CNC2. The first kappa shape index (κ1) is 16.2. The summed E-state index contributed by atoms with van der Waals surface area (Å²) in [7, 11) is 0. The molecule has 6 heteroatoms. The molecular weight excluding hydrogens is 302 g/mol. The molecule has 0 bridgehead atoms. The Labute approximate surface area is 134 Å². The highest BCUT2D eigenvalue weighted by Gasteiger charge is 2.49. The van der Waals surface area contributed by atoms with Crippen LogP contribution in [0.2, 0.25) is 0 Å². The predicted octanol–water partition coefficient (Wildman–Crippen LogP) is 2.68. The van der Waals surface area contributed by atoms with Gasteiger partial charge in [0.05, 0.1) is 5.41 Å². The summed E-state index contributed by atoms with van der Waals surface area (Å²) in [4.78, 5) is 12.7. The van der Waals surface area contributed by atoms with Gasteiger partial charge in [0.15, 0.2) is 0 Å². The van der Waals surface area contributed by atoms with Gasteiger partial charge in [0, 0.05) is 13.1 Å². The van der Waals surface area contributed by atoms with Crippen molar-refractivity contribution in [3.8, 4) is 5.75 Å². The van der Waals surface area contributed by atoms with E-state index in [-0.39, 0.29) is 17.1 Å². The first-order chi connectivity index (χ1) is 11.1. The van der Waals surface area contributed by atoms with Gasteiger partial charge in [0.1, 0.15) is 5.75 Å². The second kappa shape index (κ2) is 6.83. The molecule has 0 spiro atoms. The lowest BCUT2D eigenvalue weighted by molar-refractivity contribution is -0.134. The van der Waals surface area contributed by atoms with Gasteiger partial charge in [0.25, 0.3) is 0 Å². The summed E-state index contributed by atoms with van der Waals surface area (Å²) in [6.45, 7) is -0.738. The molecule has 1 aliphatic heterocycles. The lowest BCUT2D eigenvalue weighted by Gasteiger charge is -2.37. The summed E-state index contributed by atoms with van der Waals surface area (Å²) in [5.74, 6) is 0.666. The first-order valence-corrected chi connectivity index (χ1v) is 8.13. The molecule has 0 radical (unpaired) electrons. The number of alkyl halides is 2. The van der Waals surface area contributed by atoms with Crippen LogP contribution >= 0.6 is 0 Å². The minimum absolute atomic E-state index is 0.111. The minimum Gasteiger partial charge on any atom is -0.435 e. The molecule has 1 aromatic rings. The number of carbonyl (C=O) groups excluding carboxylic acids is 1. The number of fused-ring (bicyclic) bond motifs is 1. The second-order valence-electron chi connectivity index (χ2n) is 6.43. The van der Waals surface area contributed by atoms with Gasteiger partial charge in [-0.05, 0) is 43.0 Å². The molecule has 23 heavy (non-hydrogen) atoms. The van der Waals surface area contributed by atoms with E-state index in [2.05, 4.69) is 15.4 Å². The Morgan fingerprint density at radius 3 is 2.87 bits per heavy atom. The highest BCUT2D eigenvalue weighted by molar-refractivity contribution is 5.83. The van der Waals surface area contributed by atoms with E-state index in [9.17, 15) is 13.6 Å². The third kappa shape index (κ3) is 3.47. The summed E-state index contributed by atoms with van der Waals surface area (Å²) in [5, 5.41) is 6.38. The molecule has 2 atom stereocenters. The number of rotatable bonds is 5. The van der Waals surface area contributed by atoms with E-state index in [0.29, 0.717) is 12.5 Å². The van der Waals surface area contributed by atoms with Crippen LogP contribution in [0.15, 0.2) is 24.3 Å². The zero-order valence-corrected chi connectivity index (χ0v) is 13.0. The van der Waals surface area contributed by atoms with Gasteiger partial charge in [-0.2, -0.15) is 8.78 Å². The molecule has 1 amide bonds. The fraction of sp³-hybridized carbons (Fsp3) is 0.588. The molecule has 126 valence electrons. The summed E-state index contributed by atoms with van der Waals surface area (Å²) < 4.78 is 28.6. The normalized spacial score (nSPS) is 26.8. The summed E-state index contributed by atoms with van der Waals surface area (Å²) >= 11 is 0. The predicted molar refractivity (Wildman–Crippen MR) is 82.2 cm³/mol. The average molecular weight is 324 g/mol. The smallest absolute Gasteiger partial charge is 0.387 e. The van der Waals surface area contributed by atoms with Gasteiger partial charge in [0.2, 0.25) is 5.91 Å². The number of carbonyl (C=O) groups is 1. The maximum atomic E-state index is 12.7. The maximum Gasteiger partial charge on any atom is 0.387 e. The molecule has 1 saturated heterocycles. The van der Waals surface area contributed by atoms with Crippen LogP contribution in [0, 0.1) is 11.3 Å². The van der Waals surface area contributed by atoms with E-state index in [1.807, 2.05) is 0 Å². The fourth-order valence-electron chi connectivity index (χ4n) is 3.84. The van der Waals surface area contributed by atoms with Crippen LogP contribution < -0.4 is 15.4 Å². The summed E-state index contributed by atoms with van der Waals surface area (Å²) in [6, 6.07) is 6.38. The number of amides is 1. The first-order valence-electron chi connectivity index (χ1n) is 8.13. The molecule has 3 rings (SSSR count). The standard InChI is InChI=1S/C17H22F2N2O2/c18-16(19)23-14-6-4-12(5-7-14)9-21-15(22)17-8-2-1-3-13(17)10-20-11-17/h4-7,13,16,20H,1-3,8-11H2,(H,21,22)/t13-,17+/m0/s1. The van der Waals surface area contributed by atoms with Gasteiger partial charge in [-0.1, -0.05) is 25.0 Å². The number of halogens is 2. The average Bonchev–Trinajstić information content (AvgIpc) is 2.98. The number of nitrogens with one attached hydrogen (secondary N) is 2. The molecule has 2 N–H and O–H groups in total. The van der Waals surface area contributed by atoms with Crippen LogP contribution in [0.1, 0.15) is 31.2 Å². The van der Waals surface area contributed by atoms with Gasteiger partial charge < -0.3 is 15.4 Å². The minimum atomic E-state index is -2.82. The molecule has 1 aromatic carbocycles. The van der Waals surface area contributed by atoms with Crippen molar-refractivity contribution in [2.24, 2.45) is 11.3 Å². The second-order valence-corrected chi connectivity index (χ2v) is 6.43. The third-order valence-corrected chi connectivity index (χ3v) is 5.09. The van der Waals surface area contributed by atoms with Crippen molar-refractivity contribution in [1.29, 1.82) is 0 Å². The Morgan fingerprint density at radius 1 is 1.35 bits per heavy atom. The number of benzene rings is 1. The van der Waals surface area contributed by atoms with Gasteiger partial charge in [-0.3, -0.25) is 4.79 Å². The van der Waals surface area contributed by atoms with Crippen molar-refractivity contribution in [3.63, 3.8) is 0 Å². The lowest BCUT2D eigenvalue weighted by atomic mass is 9.67. The quantitative estimate of drug-likeness (QED) is 0.875. The van der Waals surface area contributed by atoms with Crippen molar-refractivity contribution < 1.29 is 18.3 Å². The zero-order chi connectivity index (χ0) is 16.3. The van der Waals surface area contributed by atoms with E-state index in [1.165, 1.54) is 18.6 Å². The summed E-state index contributed by atoms with van der Waals surface area (Å²) in [5.41, 5.74) is 0.603. The van der Waals surface area contributed by atoms with Crippen LogP contribution in [0.25, 0.3) is 0 Å². The van der Waals surface area contributed by atoms with Crippen molar-refractivity contribution >= 4 is 5.91 Å². The fourth-order valence-corrected chi connectivity index (χ4v) is 3.84. The van der Waals surface area contributed by atoms with E-state index < -0.39 is 6.61 Å². The van der Waals surface area contributed by atoms with E-state index >= 15 is 0 Å². The van der Waals surface area contributed by atoms with Crippen LogP contribution in [0.3, 0.4) is 0 Å². The Balaban J connectivity index is 1.58. The molecule has 4 nitrogen and oxygen atoms in total. The lowest BCUT2D eigenvalue weighted by Crippen LogP contribution is -2.47. The van der Waals surface area contributed by atoms with E-state index in [1.54, 1.807) is 12.1 Å². The topological polar surface area (TPSA) is 50.4 Å². The largest absolute Gasteiger partial charge is 0.435 e. The van der Waals surface area contributed by atoms with Crippen molar-refractivity contribution in [2.45, 2.75) is 38.8 Å². The highest BCUT2D eigenvalue weighted by atomic mass is 19.3. The van der Waals surface area contributed by atoms with Crippen LogP contribution in [-0.4, -0.2) is 25.6 Å². The molecular formula is C17H22F2N2O2. The maximum absolute atomic E-state index is 12.7. The summed E-state index contributed by atoms with van der Waals surface area (Å²) in [6.07, 6.45) is 4.36. The Morgan fingerprint density at radius 2 is 2.13 bits per heavy atom. The third-order valence-electron chi connectivity index (χ3n) is 5.09. The molecule has 0 aromatic heterocycles. The monoisotopic (exact) mass is 324 g/mol. The van der Waals surface area contributed by atoms with Gasteiger partial charge in [-0.15, -0.1) is 0 Å². The van der Waals surface area contributed by atoms with Crippen LogP contribution in [0.4, 0.5) is 8.78 Å². The number of ether oxygens (including phenoxy) is 1. The molecule has 2 aliphatic rings. The van der Waals surface area contributed by atoms with Crippen molar-refractivity contribution in [3.05, 3.63) is 29.8 Å². The molecule has 1 heterocycles. The van der Waals surface area contributed by atoms with Crippen LogP contribution in [-0.2, 0) is 11.3 Å². The van der Waals surface area contributed by atoms with Crippen molar-refractivity contribution in [2.75, 3.05) is 13.1 Å². The van der Waals surface area contributed by atoms with E-state index in [0.717, 1.165) is 37.9 Å². The molecule has 2 fully saturated rings. The number of hydrogen-bond donors (Lipinski definition) is 2. The van der Waals surface area contributed by atoms with Crippen molar-refractivity contribution in [1.82, 2.24) is 10.6 Å². The highest BCUT2D eigenvalue weighted by Crippen LogP contribution is 2.43. The molecule has 0 unspecified atom stereocenters. The van der Waals surface area contributed by atoms with E-state index in [4.69, 9.17) is 0 Å². The van der Waals surface area contributed by atoms with Crippen LogP contribution in [0.5, 0.6) is 5.75 Å². The number of hydrogen-bond acceptors (Lipinski definition) is 3. The van der Waals surface area contributed by atoms with Gasteiger partial charge in [-0.25, -0.2) is 0 Å². The Kier molecular flexibility index (Phi) is 4.80. The van der Waals surface area contributed by atoms with Gasteiger partial charge >= 0.3 is 6.61 Å². The Bertz CT molecular complexity index is 550. The Hall–Kier alpha value is -1.69. The zero-order valence-electron chi connectivity index (χ0n) is 13.0. The molecule has 1 saturated carbocycles. The molecule has 1 aliphatic carbocycles.